The van der Waals surface area contributed by atoms with E-state index in [1.165, 1.54) is 11.3 Å². The van der Waals surface area contributed by atoms with Crippen molar-refractivity contribution < 1.29 is 8.42 Å². The molecule has 1 rings (SSSR count). The second kappa shape index (κ2) is 5.63. The Balaban J connectivity index is 2.54. The molecule has 86 valence electrons. The lowest BCUT2D eigenvalue weighted by molar-refractivity contribution is 0.586. The Morgan fingerprint density at radius 1 is 1.53 bits per heavy atom. The average Bonchev–Trinajstić information content (AvgIpc) is 2.67. The highest BCUT2D eigenvalue weighted by Crippen LogP contribution is 2.18. The van der Waals surface area contributed by atoms with Gasteiger partial charge in [-0.05, 0) is 17.9 Å². The lowest BCUT2D eigenvalue weighted by Gasteiger charge is -2.09. The molecule has 0 fully saturated rings. The quantitative estimate of drug-likeness (QED) is 0.836. The van der Waals surface area contributed by atoms with Crippen molar-refractivity contribution in [1.82, 2.24) is 0 Å². The molecule has 0 saturated heterocycles. The van der Waals surface area contributed by atoms with Crippen molar-refractivity contribution in [1.29, 1.82) is 0 Å². The van der Waals surface area contributed by atoms with E-state index >= 15 is 0 Å². The molecular weight excluding hydrogens is 230 g/mol. The van der Waals surface area contributed by atoms with Crippen molar-refractivity contribution >= 4 is 21.2 Å². The van der Waals surface area contributed by atoms with Crippen molar-refractivity contribution in [3.05, 3.63) is 22.4 Å². The van der Waals surface area contributed by atoms with E-state index < -0.39 is 9.84 Å². The van der Waals surface area contributed by atoms with Crippen molar-refractivity contribution in [2.75, 3.05) is 11.5 Å². The van der Waals surface area contributed by atoms with Crippen LogP contribution in [-0.4, -0.2) is 19.9 Å². The first-order valence-corrected chi connectivity index (χ1v) is 7.74. The van der Waals surface area contributed by atoms with Crippen LogP contribution < -0.4 is 5.73 Å². The first-order chi connectivity index (χ1) is 7.05. The number of unbranched alkanes of at least 4 members (excludes halogenated alkanes) is 1. The van der Waals surface area contributed by atoms with E-state index in [1.54, 1.807) is 0 Å². The summed E-state index contributed by atoms with van der Waals surface area (Å²) in [6, 6.07) is 3.40. The van der Waals surface area contributed by atoms with Crippen LogP contribution in [-0.2, 0) is 9.84 Å². The van der Waals surface area contributed by atoms with Crippen LogP contribution in [0.25, 0.3) is 0 Å². The predicted octanol–water partition coefficient (Wildman–Crippen LogP) is 1.96. The summed E-state index contributed by atoms with van der Waals surface area (Å²) in [5, 5.41) is 1.91. The molecule has 0 saturated carbocycles. The molecule has 15 heavy (non-hydrogen) atoms. The summed E-state index contributed by atoms with van der Waals surface area (Å²) in [7, 11) is -2.99. The molecule has 1 heterocycles. The van der Waals surface area contributed by atoms with E-state index in [-0.39, 0.29) is 17.5 Å². The Bertz CT molecular complexity index is 370. The standard InChI is InChI=1S/C10H17NO2S2/c1-2-3-7-15(12,13)8-9(11)10-5-4-6-14-10/h4-6,9H,2-3,7-8,11H2,1H3. The third-order valence-corrected chi connectivity index (χ3v) is 4.93. The molecular formula is C10H17NO2S2. The van der Waals surface area contributed by atoms with E-state index in [4.69, 9.17) is 5.73 Å². The summed E-state index contributed by atoms with van der Waals surface area (Å²) < 4.78 is 23.2. The zero-order chi connectivity index (χ0) is 11.3. The smallest absolute Gasteiger partial charge is 0.152 e. The normalized spacial score (nSPS) is 14.0. The van der Waals surface area contributed by atoms with Gasteiger partial charge in [0.1, 0.15) is 0 Å². The van der Waals surface area contributed by atoms with E-state index in [0.29, 0.717) is 0 Å². The SMILES string of the molecule is CCCCS(=O)(=O)CC(N)c1cccs1. The van der Waals surface area contributed by atoms with E-state index in [0.717, 1.165) is 17.7 Å². The Labute approximate surface area is 95.2 Å². The van der Waals surface area contributed by atoms with Gasteiger partial charge in [-0.2, -0.15) is 0 Å². The summed E-state index contributed by atoms with van der Waals surface area (Å²) in [6.07, 6.45) is 1.62. The van der Waals surface area contributed by atoms with Crippen molar-refractivity contribution in [2.45, 2.75) is 25.8 Å². The van der Waals surface area contributed by atoms with Gasteiger partial charge in [-0.25, -0.2) is 8.42 Å². The molecule has 0 amide bonds. The minimum Gasteiger partial charge on any atom is -0.322 e. The number of hydrogen-bond donors (Lipinski definition) is 1. The van der Waals surface area contributed by atoms with Crippen molar-refractivity contribution in [3.63, 3.8) is 0 Å². The fourth-order valence-corrected chi connectivity index (χ4v) is 3.76. The van der Waals surface area contributed by atoms with Gasteiger partial charge in [0.15, 0.2) is 9.84 Å². The Kier molecular flexibility index (Phi) is 4.76. The largest absolute Gasteiger partial charge is 0.322 e. The van der Waals surface area contributed by atoms with Gasteiger partial charge in [0.2, 0.25) is 0 Å². The molecule has 1 unspecified atom stereocenters. The summed E-state index contributed by atoms with van der Waals surface area (Å²) >= 11 is 1.51. The second-order valence-corrected chi connectivity index (χ2v) is 6.80. The van der Waals surface area contributed by atoms with Gasteiger partial charge in [-0.1, -0.05) is 19.4 Å². The molecule has 3 nitrogen and oxygen atoms in total. The van der Waals surface area contributed by atoms with Crippen LogP contribution >= 0.6 is 11.3 Å². The molecule has 0 aliphatic rings. The number of hydrogen-bond acceptors (Lipinski definition) is 4. The molecule has 1 aromatic heterocycles. The highest BCUT2D eigenvalue weighted by molar-refractivity contribution is 7.91. The fraction of sp³-hybridized carbons (Fsp3) is 0.600. The van der Waals surface area contributed by atoms with Gasteiger partial charge >= 0.3 is 0 Å². The van der Waals surface area contributed by atoms with E-state index in [9.17, 15) is 8.42 Å². The molecule has 5 heteroatoms. The Morgan fingerprint density at radius 3 is 2.80 bits per heavy atom. The Morgan fingerprint density at radius 2 is 2.27 bits per heavy atom. The number of thiophene rings is 1. The monoisotopic (exact) mass is 247 g/mol. The number of sulfone groups is 1. The van der Waals surface area contributed by atoms with Gasteiger partial charge in [0, 0.05) is 4.88 Å². The third-order valence-electron chi connectivity index (χ3n) is 2.15. The molecule has 0 spiro atoms. The molecule has 0 aliphatic heterocycles. The lowest BCUT2D eigenvalue weighted by Crippen LogP contribution is -2.22. The number of nitrogens with two attached hydrogens (primary N) is 1. The zero-order valence-electron chi connectivity index (χ0n) is 8.85. The third kappa shape index (κ3) is 4.32. The summed E-state index contributed by atoms with van der Waals surface area (Å²) in [5.74, 6) is 0.316. The maximum atomic E-state index is 11.6. The van der Waals surface area contributed by atoms with Crippen LogP contribution in [0, 0.1) is 0 Å². The van der Waals surface area contributed by atoms with Crippen molar-refractivity contribution in [2.24, 2.45) is 5.73 Å². The van der Waals surface area contributed by atoms with Gasteiger partial charge in [0.25, 0.3) is 0 Å². The summed E-state index contributed by atoms with van der Waals surface area (Å²) in [5.41, 5.74) is 5.83. The molecule has 0 radical (unpaired) electrons. The van der Waals surface area contributed by atoms with Crippen LogP contribution in [0.4, 0.5) is 0 Å². The van der Waals surface area contributed by atoms with Gasteiger partial charge in [0.05, 0.1) is 17.5 Å². The minimum atomic E-state index is -2.99. The van der Waals surface area contributed by atoms with Crippen LogP contribution in [0.3, 0.4) is 0 Å². The summed E-state index contributed by atoms with van der Waals surface area (Å²) in [4.78, 5) is 0.940. The summed E-state index contributed by atoms with van der Waals surface area (Å²) in [6.45, 7) is 1.98. The van der Waals surface area contributed by atoms with Crippen LogP contribution in [0.1, 0.15) is 30.7 Å². The highest BCUT2D eigenvalue weighted by atomic mass is 32.2. The van der Waals surface area contributed by atoms with Gasteiger partial charge in [-0.15, -0.1) is 11.3 Å². The second-order valence-electron chi connectivity index (χ2n) is 3.59. The van der Waals surface area contributed by atoms with Crippen LogP contribution in [0.5, 0.6) is 0 Å². The average molecular weight is 247 g/mol. The highest BCUT2D eigenvalue weighted by Gasteiger charge is 2.17. The number of rotatable bonds is 6. The molecule has 1 atom stereocenters. The van der Waals surface area contributed by atoms with E-state index in [1.807, 2.05) is 24.4 Å². The van der Waals surface area contributed by atoms with E-state index in [2.05, 4.69) is 0 Å². The molecule has 1 aromatic rings. The zero-order valence-corrected chi connectivity index (χ0v) is 10.5. The maximum Gasteiger partial charge on any atom is 0.152 e. The lowest BCUT2D eigenvalue weighted by atomic mass is 10.3. The molecule has 2 N–H and O–H groups in total. The first-order valence-electron chi connectivity index (χ1n) is 5.04. The Hall–Kier alpha value is -0.390. The van der Waals surface area contributed by atoms with Gasteiger partial charge in [-0.3, -0.25) is 0 Å². The fourth-order valence-electron chi connectivity index (χ4n) is 1.31. The minimum absolute atomic E-state index is 0.0630. The maximum absolute atomic E-state index is 11.6. The van der Waals surface area contributed by atoms with Crippen LogP contribution in [0.15, 0.2) is 17.5 Å². The van der Waals surface area contributed by atoms with Crippen LogP contribution in [0.2, 0.25) is 0 Å². The van der Waals surface area contributed by atoms with Gasteiger partial charge < -0.3 is 5.73 Å². The molecule has 0 aromatic carbocycles. The predicted molar refractivity (Wildman–Crippen MR) is 64.8 cm³/mol. The molecule has 0 aliphatic carbocycles. The molecule has 0 bridgehead atoms. The first kappa shape index (κ1) is 12.7. The van der Waals surface area contributed by atoms with Crippen molar-refractivity contribution in [3.8, 4) is 0 Å². The topological polar surface area (TPSA) is 60.2 Å².